The molecule has 0 aliphatic heterocycles. The van der Waals surface area contributed by atoms with Crippen LogP contribution in [0, 0.1) is 10.8 Å². The van der Waals surface area contributed by atoms with E-state index < -0.39 is 12.7 Å². The number of carbonyl (C=O) groups is 1. The van der Waals surface area contributed by atoms with Crippen LogP contribution in [0.4, 0.5) is 0 Å². The molecule has 4 N–H and O–H groups in total. The van der Waals surface area contributed by atoms with Gasteiger partial charge in [0.1, 0.15) is 23.2 Å². The van der Waals surface area contributed by atoms with E-state index in [0.717, 1.165) is 25.4 Å². The smallest absolute Gasteiger partial charge is 0.228 e. The van der Waals surface area contributed by atoms with Crippen LogP contribution >= 0.6 is 7.26 Å². The van der Waals surface area contributed by atoms with Crippen LogP contribution in [0.5, 0.6) is 0 Å². The minimum atomic E-state index is -1.98. The first kappa shape index (κ1) is 25.5. The molecule has 6 heteroatoms. The molecule has 1 amide bonds. The molecule has 2 aromatic rings. The second-order valence-electron chi connectivity index (χ2n) is 8.87. The van der Waals surface area contributed by atoms with Gasteiger partial charge in [-0.25, -0.2) is 0 Å². The maximum Gasteiger partial charge on any atom is 0.228 e. The number of allylic oxidation sites excluding steroid dienone is 4. The second kappa shape index (κ2) is 11.3. The summed E-state index contributed by atoms with van der Waals surface area (Å²) in [5, 5.41) is 14.5. The van der Waals surface area contributed by atoms with Crippen molar-refractivity contribution in [2.24, 2.45) is 11.1 Å². The van der Waals surface area contributed by atoms with Crippen molar-refractivity contribution < 1.29 is 4.79 Å². The van der Waals surface area contributed by atoms with Crippen LogP contribution in [0.2, 0.25) is 0 Å². The highest BCUT2D eigenvalue weighted by molar-refractivity contribution is 7.93. The predicted molar refractivity (Wildman–Crippen MR) is 146 cm³/mol. The summed E-state index contributed by atoms with van der Waals surface area (Å²) in [5.74, 6) is 0.0554. The zero-order valence-corrected chi connectivity index (χ0v) is 20.9. The third-order valence-corrected chi connectivity index (χ3v) is 11.1. The Kier molecular flexibility index (Phi) is 8.46. The van der Waals surface area contributed by atoms with Gasteiger partial charge in [0.25, 0.3) is 0 Å². The van der Waals surface area contributed by atoms with Crippen molar-refractivity contribution >= 4 is 29.7 Å². The van der Waals surface area contributed by atoms with Gasteiger partial charge >= 0.3 is 0 Å². The molecule has 5 nitrogen and oxygen atoms in total. The Morgan fingerprint density at radius 1 is 1.12 bits per heavy atom. The number of nitrogens with zero attached hydrogens (tertiary/aromatic N) is 1. The number of benzene rings is 2. The molecule has 0 atom stereocenters. The van der Waals surface area contributed by atoms with E-state index in [4.69, 9.17) is 11.1 Å². The van der Waals surface area contributed by atoms with E-state index in [1.54, 1.807) is 11.9 Å². The van der Waals surface area contributed by atoms with Gasteiger partial charge in [-0.15, -0.1) is 0 Å². The lowest BCUT2D eigenvalue weighted by Gasteiger charge is -2.28. The summed E-state index contributed by atoms with van der Waals surface area (Å²) in [4.78, 5) is 14.6. The molecule has 1 fully saturated rings. The summed E-state index contributed by atoms with van der Waals surface area (Å²) in [6, 6.07) is 21.3. The first-order valence-corrected chi connectivity index (χ1v) is 13.7. The van der Waals surface area contributed by atoms with Gasteiger partial charge in [-0.05, 0) is 55.7 Å². The third kappa shape index (κ3) is 5.48. The van der Waals surface area contributed by atoms with Crippen LogP contribution in [0.15, 0.2) is 97.4 Å². The molecule has 2 aromatic carbocycles. The fraction of sp³-hybridized carbons (Fsp3) is 0.286. The van der Waals surface area contributed by atoms with Crippen molar-refractivity contribution in [2.75, 3.05) is 26.3 Å². The highest BCUT2D eigenvalue weighted by Gasteiger charge is 2.51. The van der Waals surface area contributed by atoms with Crippen molar-refractivity contribution in [2.45, 2.75) is 19.3 Å². The molecule has 0 saturated heterocycles. The van der Waals surface area contributed by atoms with Crippen LogP contribution in [0.1, 0.15) is 19.3 Å². The van der Waals surface area contributed by atoms with Gasteiger partial charge in [-0.1, -0.05) is 55.6 Å². The van der Waals surface area contributed by atoms with Crippen molar-refractivity contribution in [1.29, 1.82) is 5.41 Å². The van der Waals surface area contributed by atoms with Gasteiger partial charge in [-0.2, -0.15) is 0 Å². The molecular weight excluding hydrogens is 439 g/mol. The Bertz CT molecular complexity index is 1010. The number of amides is 1. The first-order valence-electron chi connectivity index (χ1n) is 11.7. The molecule has 0 radical (unpaired) electrons. The molecule has 1 saturated carbocycles. The molecule has 3 rings (SSSR count). The number of hydrogen-bond donors (Lipinski definition) is 3. The Morgan fingerprint density at radius 2 is 1.68 bits per heavy atom. The third-order valence-electron chi connectivity index (χ3n) is 6.57. The van der Waals surface area contributed by atoms with Crippen molar-refractivity contribution in [3.63, 3.8) is 0 Å². The Labute approximate surface area is 204 Å². The first-order chi connectivity index (χ1) is 16.4. The Hall–Kier alpha value is -3.17. The molecule has 1 aliphatic rings. The average molecular weight is 476 g/mol. The number of rotatable bonds is 12. The molecule has 0 bridgehead atoms. The van der Waals surface area contributed by atoms with E-state index in [0.29, 0.717) is 13.1 Å². The zero-order valence-electron chi connectivity index (χ0n) is 20.0. The van der Waals surface area contributed by atoms with Crippen LogP contribution in [-0.2, 0) is 4.79 Å². The number of carbonyl (C=O) groups excluding carboxylic acids is 1. The van der Waals surface area contributed by atoms with Crippen molar-refractivity contribution in [3.05, 3.63) is 97.4 Å². The summed E-state index contributed by atoms with van der Waals surface area (Å²) in [6.07, 6.45) is 9.30. The Morgan fingerprint density at radius 3 is 2.12 bits per heavy atom. The molecule has 0 heterocycles. The van der Waals surface area contributed by atoms with E-state index in [1.165, 1.54) is 15.9 Å². The normalized spacial score (nSPS) is 14.7. The maximum atomic E-state index is 13.0. The topological polar surface area (TPSA) is 82.2 Å². The predicted octanol–water partition coefficient (Wildman–Crippen LogP) is 4.02. The molecule has 1 aliphatic carbocycles. The summed E-state index contributed by atoms with van der Waals surface area (Å²) in [5.41, 5.74) is 5.16. The zero-order chi connectivity index (χ0) is 24.6. The average Bonchev–Trinajstić information content (AvgIpc) is 3.64. The lowest BCUT2D eigenvalue weighted by molar-refractivity contribution is -0.126. The monoisotopic (exact) mass is 475 g/mol. The Balaban J connectivity index is 1.82. The fourth-order valence-corrected chi connectivity index (χ4v) is 8.86. The molecule has 178 valence electrons. The molecule has 34 heavy (non-hydrogen) atoms. The minimum Gasteiger partial charge on any atom is -0.370 e. The van der Waals surface area contributed by atoms with E-state index in [2.05, 4.69) is 73.1 Å². The van der Waals surface area contributed by atoms with E-state index in [1.807, 2.05) is 24.3 Å². The number of guanidine groups is 1. The SMILES string of the molecule is C=C/C=C(\C=C)[P+](CCCNC(=O)C1(CN(C)C(=N)N)CC1)(c1ccccc1)c1ccccc1. The summed E-state index contributed by atoms with van der Waals surface area (Å²) >= 11 is 0. The molecular formula is C28H36N4OP+. The number of nitrogens with two attached hydrogens (primary N) is 1. The second-order valence-corrected chi connectivity index (χ2v) is 12.5. The summed E-state index contributed by atoms with van der Waals surface area (Å²) in [7, 11) is -0.220. The standard InChI is InChI=1S/C28H35N4OP/c1-4-13-23(5-2)34(24-14-8-6-9-15-24,25-16-10-7-11-17-25)21-12-20-31-26(33)28(18-19-28)22-32(3)27(29)30/h4-11,13-17H,1-2,12,18-22H2,3H3,(H3-,29,30,31,33)/p+1/b23-13+. The van der Waals surface area contributed by atoms with E-state index in [-0.39, 0.29) is 11.9 Å². The van der Waals surface area contributed by atoms with Crippen LogP contribution < -0.4 is 21.7 Å². The summed E-state index contributed by atoms with van der Waals surface area (Å²) < 4.78 is 0. The van der Waals surface area contributed by atoms with Gasteiger partial charge < -0.3 is 16.0 Å². The maximum absolute atomic E-state index is 13.0. The van der Waals surface area contributed by atoms with Crippen LogP contribution in [0.25, 0.3) is 0 Å². The minimum absolute atomic E-state index is 0.00894. The lowest BCUT2D eigenvalue weighted by atomic mass is 10.1. The number of hydrogen-bond acceptors (Lipinski definition) is 2. The van der Waals surface area contributed by atoms with Crippen molar-refractivity contribution in [1.82, 2.24) is 10.2 Å². The fourth-order valence-electron chi connectivity index (χ4n) is 4.52. The molecule has 0 spiro atoms. The van der Waals surface area contributed by atoms with Crippen molar-refractivity contribution in [3.8, 4) is 0 Å². The van der Waals surface area contributed by atoms with Crippen LogP contribution in [0.3, 0.4) is 0 Å². The van der Waals surface area contributed by atoms with Gasteiger partial charge in [-0.3, -0.25) is 10.2 Å². The van der Waals surface area contributed by atoms with Gasteiger partial charge in [0.2, 0.25) is 5.91 Å². The highest BCUT2D eigenvalue weighted by Crippen LogP contribution is 2.64. The highest BCUT2D eigenvalue weighted by atomic mass is 31.2. The van der Waals surface area contributed by atoms with Gasteiger partial charge in [0, 0.05) is 20.1 Å². The quantitative estimate of drug-likeness (QED) is 0.143. The lowest BCUT2D eigenvalue weighted by Crippen LogP contribution is -2.43. The van der Waals surface area contributed by atoms with Gasteiger partial charge in [0.05, 0.1) is 11.6 Å². The van der Waals surface area contributed by atoms with Gasteiger partial charge in [0.15, 0.2) is 5.96 Å². The largest absolute Gasteiger partial charge is 0.370 e. The molecule has 0 unspecified atom stereocenters. The number of nitrogens with one attached hydrogen (secondary N) is 2. The summed E-state index contributed by atoms with van der Waals surface area (Å²) in [6.45, 7) is 9.18. The van der Waals surface area contributed by atoms with Crippen LogP contribution in [-0.4, -0.2) is 43.1 Å². The van der Waals surface area contributed by atoms with E-state index in [9.17, 15) is 4.79 Å². The molecule has 0 aromatic heterocycles. The van der Waals surface area contributed by atoms with E-state index >= 15 is 0 Å².